The van der Waals surface area contributed by atoms with Gasteiger partial charge in [-0.1, -0.05) is 22.9 Å². The third-order valence-electron chi connectivity index (χ3n) is 5.89. The van der Waals surface area contributed by atoms with Crippen molar-refractivity contribution < 1.29 is 22.3 Å². The van der Waals surface area contributed by atoms with Gasteiger partial charge in [-0.3, -0.25) is 14.6 Å². The van der Waals surface area contributed by atoms with Crippen LogP contribution in [0.5, 0.6) is 0 Å². The highest BCUT2D eigenvalue weighted by molar-refractivity contribution is 7.91. The maximum Gasteiger partial charge on any atom is 0.228 e. The zero-order chi connectivity index (χ0) is 25.0. The molecular formula is C24H27ClFN3O4S2. The van der Waals surface area contributed by atoms with Gasteiger partial charge < -0.3 is 4.74 Å². The number of aryl methyl sites for hydroxylation is 1. The first kappa shape index (κ1) is 26.0. The molecule has 188 valence electrons. The van der Waals surface area contributed by atoms with Crippen LogP contribution in [-0.2, 0) is 19.4 Å². The Morgan fingerprint density at radius 1 is 1.23 bits per heavy atom. The first-order valence-corrected chi connectivity index (χ1v) is 14.2. The molecule has 0 aliphatic carbocycles. The van der Waals surface area contributed by atoms with Crippen molar-refractivity contribution >= 4 is 54.0 Å². The summed E-state index contributed by atoms with van der Waals surface area (Å²) >= 11 is 7.61. The lowest BCUT2D eigenvalue weighted by molar-refractivity contribution is -0.118. The molecule has 0 radical (unpaired) electrons. The lowest BCUT2D eigenvalue weighted by Crippen LogP contribution is -2.43. The molecule has 2 aromatic carbocycles. The van der Waals surface area contributed by atoms with E-state index in [1.54, 1.807) is 4.90 Å². The first-order valence-electron chi connectivity index (χ1n) is 11.4. The third-order valence-corrected chi connectivity index (χ3v) is 8.95. The van der Waals surface area contributed by atoms with Crippen molar-refractivity contribution in [3.8, 4) is 0 Å². The summed E-state index contributed by atoms with van der Waals surface area (Å²) in [5.41, 5.74) is 1.73. The number of hydrogen-bond acceptors (Lipinski definition) is 7. The Bertz CT molecular complexity index is 1290. The summed E-state index contributed by atoms with van der Waals surface area (Å²) in [5, 5.41) is 1.19. The maximum atomic E-state index is 13.3. The highest BCUT2D eigenvalue weighted by Gasteiger charge is 2.23. The van der Waals surface area contributed by atoms with E-state index in [9.17, 15) is 17.6 Å². The fraction of sp³-hybridized carbons (Fsp3) is 0.417. The number of sulfone groups is 1. The molecule has 4 rings (SSSR count). The molecule has 0 N–H and O–H groups in total. The Balaban J connectivity index is 1.48. The van der Waals surface area contributed by atoms with Crippen LogP contribution in [0, 0.1) is 12.7 Å². The van der Waals surface area contributed by atoms with E-state index in [0.717, 1.165) is 41.0 Å². The van der Waals surface area contributed by atoms with E-state index in [-0.39, 0.29) is 29.4 Å². The van der Waals surface area contributed by atoms with Crippen LogP contribution >= 0.6 is 22.9 Å². The lowest BCUT2D eigenvalue weighted by atomic mass is 10.2. The van der Waals surface area contributed by atoms with Crippen LogP contribution in [-0.4, -0.2) is 69.4 Å². The fourth-order valence-corrected chi connectivity index (χ4v) is 6.73. The number of thiazole rings is 1. The number of carbonyl (C=O) groups excluding carboxylic acids is 1. The number of rotatable bonds is 9. The zero-order valence-corrected chi connectivity index (χ0v) is 21.8. The number of nitrogens with zero attached hydrogens (tertiary/aromatic N) is 3. The topological polar surface area (TPSA) is 79.8 Å². The SMILES string of the molecule is Cc1cc(Cl)cc2sc(N(CCN3CCOCC3)C(=O)CCCS(=O)(=O)c3ccc(F)cc3)nc12. The second kappa shape index (κ2) is 11.3. The molecule has 1 fully saturated rings. The van der Waals surface area contributed by atoms with Gasteiger partial charge in [-0.05, 0) is 55.3 Å². The molecule has 0 unspecified atom stereocenters. The summed E-state index contributed by atoms with van der Waals surface area (Å²) < 4.78 is 44.6. The molecule has 35 heavy (non-hydrogen) atoms. The predicted octanol–water partition coefficient (Wildman–Crippen LogP) is 4.32. The molecule has 1 aliphatic heterocycles. The quantitative estimate of drug-likeness (QED) is 0.377. The van der Waals surface area contributed by atoms with Crippen LogP contribution in [0.3, 0.4) is 0 Å². The Labute approximate surface area is 213 Å². The number of morpholine rings is 1. The largest absolute Gasteiger partial charge is 0.379 e. The van der Waals surface area contributed by atoms with Crippen molar-refractivity contribution in [1.82, 2.24) is 9.88 Å². The molecule has 0 atom stereocenters. The number of carbonyl (C=O) groups is 1. The van der Waals surface area contributed by atoms with Crippen LogP contribution in [0.1, 0.15) is 18.4 Å². The average Bonchev–Trinajstić information content (AvgIpc) is 3.24. The normalized spacial score (nSPS) is 14.9. The van der Waals surface area contributed by atoms with Gasteiger partial charge in [0, 0.05) is 37.6 Å². The lowest BCUT2D eigenvalue weighted by Gasteiger charge is -2.29. The van der Waals surface area contributed by atoms with E-state index in [0.29, 0.717) is 36.5 Å². The molecule has 0 bridgehead atoms. The van der Waals surface area contributed by atoms with Crippen LogP contribution in [0.2, 0.25) is 5.02 Å². The summed E-state index contributed by atoms with van der Waals surface area (Å²) in [6, 6.07) is 8.41. The number of fused-ring (bicyclic) bond motifs is 1. The molecule has 0 saturated carbocycles. The van der Waals surface area contributed by atoms with Gasteiger partial charge >= 0.3 is 0 Å². The third kappa shape index (κ3) is 6.56. The van der Waals surface area contributed by atoms with Crippen LogP contribution in [0.4, 0.5) is 9.52 Å². The zero-order valence-electron chi connectivity index (χ0n) is 19.4. The molecule has 3 aromatic rings. The van der Waals surface area contributed by atoms with Gasteiger partial charge in [0.25, 0.3) is 0 Å². The minimum atomic E-state index is -3.61. The summed E-state index contributed by atoms with van der Waals surface area (Å²) in [7, 11) is -3.61. The second-order valence-electron chi connectivity index (χ2n) is 8.44. The van der Waals surface area contributed by atoms with Crippen LogP contribution < -0.4 is 4.90 Å². The van der Waals surface area contributed by atoms with Crippen molar-refractivity contribution in [3.63, 3.8) is 0 Å². The number of amides is 1. The molecule has 1 amide bonds. The second-order valence-corrected chi connectivity index (χ2v) is 12.0. The highest BCUT2D eigenvalue weighted by Crippen LogP contribution is 2.33. The number of hydrogen-bond donors (Lipinski definition) is 0. The Morgan fingerprint density at radius 2 is 1.94 bits per heavy atom. The molecule has 7 nitrogen and oxygen atoms in total. The summed E-state index contributed by atoms with van der Waals surface area (Å²) in [5.74, 6) is -0.881. The van der Waals surface area contributed by atoms with Crippen LogP contribution in [0.25, 0.3) is 10.2 Å². The standard InChI is InChI=1S/C24H27ClFN3O4S2/c1-17-15-18(25)16-21-23(17)27-24(34-21)29(9-8-28-10-12-33-13-11-28)22(30)3-2-14-35(31,32)20-6-4-19(26)5-7-20/h4-7,15-16H,2-3,8-14H2,1H3. The molecule has 11 heteroatoms. The molecule has 1 aromatic heterocycles. The van der Waals surface area contributed by atoms with Crippen LogP contribution in [0.15, 0.2) is 41.3 Å². The molecule has 1 saturated heterocycles. The monoisotopic (exact) mass is 539 g/mol. The van der Waals surface area contributed by atoms with Gasteiger partial charge in [0.2, 0.25) is 5.91 Å². The molecule has 2 heterocycles. The number of anilines is 1. The first-order chi connectivity index (χ1) is 16.7. The molecular weight excluding hydrogens is 513 g/mol. The minimum Gasteiger partial charge on any atom is -0.379 e. The molecule has 1 aliphatic rings. The van der Waals surface area contributed by atoms with E-state index < -0.39 is 15.7 Å². The average molecular weight is 540 g/mol. The predicted molar refractivity (Wildman–Crippen MR) is 137 cm³/mol. The van der Waals surface area contributed by atoms with Gasteiger partial charge in [0.05, 0.1) is 34.1 Å². The number of aromatic nitrogens is 1. The van der Waals surface area contributed by atoms with E-state index in [4.69, 9.17) is 21.3 Å². The van der Waals surface area contributed by atoms with E-state index in [2.05, 4.69) is 4.90 Å². The summed E-state index contributed by atoms with van der Waals surface area (Å²) in [4.78, 5) is 21.9. The Kier molecular flexibility index (Phi) is 8.38. The van der Waals surface area contributed by atoms with E-state index in [1.165, 1.54) is 23.5 Å². The van der Waals surface area contributed by atoms with E-state index in [1.807, 2.05) is 19.1 Å². The van der Waals surface area contributed by atoms with Gasteiger partial charge in [-0.15, -0.1) is 0 Å². The Morgan fingerprint density at radius 3 is 2.66 bits per heavy atom. The number of halogens is 2. The van der Waals surface area contributed by atoms with Crippen molar-refractivity contribution in [2.45, 2.75) is 24.7 Å². The van der Waals surface area contributed by atoms with Gasteiger partial charge in [-0.2, -0.15) is 0 Å². The fourth-order valence-electron chi connectivity index (χ4n) is 3.96. The maximum absolute atomic E-state index is 13.3. The minimum absolute atomic E-state index is 0.0500. The number of ether oxygens (including phenoxy) is 1. The smallest absolute Gasteiger partial charge is 0.228 e. The summed E-state index contributed by atoms with van der Waals surface area (Å²) in [6.07, 6.45) is 0.210. The van der Waals surface area contributed by atoms with Gasteiger partial charge in [0.1, 0.15) is 5.82 Å². The Hall–Kier alpha value is -2.11. The molecule has 0 spiro atoms. The number of benzene rings is 2. The highest BCUT2D eigenvalue weighted by atomic mass is 35.5. The van der Waals surface area contributed by atoms with Gasteiger partial charge in [-0.25, -0.2) is 17.8 Å². The van der Waals surface area contributed by atoms with Crippen molar-refractivity contribution in [2.24, 2.45) is 0 Å². The van der Waals surface area contributed by atoms with Crippen molar-refractivity contribution in [2.75, 3.05) is 50.0 Å². The summed E-state index contributed by atoms with van der Waals surface area (Å²) in [6.45, 7) is 5.95. The van der Waals surface area contributed by atoms with Crippen molar-refractivity contribution in [1.29, 1.82) is 0 Å². The van der Waals surface area contributed by atoms with E-state index >= 15 is 0 Å². The van der Waals surface area contributed by atoms with Crippen molar-refractivity contribution in [3.05, 3.63) is 52.8 Å². The van der Waals surface area contributed by atoms with Gasteiger partial charge in [0.15, 0.2) is 15.0 Å².